The van der Waals surface area contributed by atoms with Crippen LogP contribution in [-0.4, -0.2) is 28.3 Å². The number of hydrogen-bond acceptors (Lipinski definition) is 7. The van der Waals surface area contributed by atoms with E-state index in [1.807, 2.05) is 0 Å². The first-order valence-corrected chi connectivity index (χ1v) is 11.3. The highest BCUT2D eigenvalue weighted by atomic mass is 32.2. The van der Waals surface area contributed by atoms with Crippen molar-refractivity contribution in [2.45, 2.75) is 32.2 Å². The Kier molecular flexibility index (Phi) is 5.72. The van der Waals surface area contributed by atoms with E-state index in [2.05, 4.69) is 20.0 Å². The summed E-state index contributed by atoms with van der Waals surface area (Å²) in [6.07, 6.45) is 3.23. The van der Waals surface area contributed by atoms with Crippen molar-refractivity contribution >= 4 is 10.0 Å². The molecule has 0 bridgehead atoms. The molecule has 0 aliphatic rings. The van der Waals surface area contributed by atoms with Crippen molar-refractivity contribution in [1.29, 1.82) is 0 Å². The Labute approximate surface area is 184 Å². The van der Waals surface area contributed by atoms with Crippen molar-refractivity contribution in [1.82, 2.24) is 24.6 Å². The van der Waals surface area contributed by atoms with Gasteiger partial charge in [-0.1, -0.05) is 23.4 Å². The first-order valence-electron chi connectivity index (χ1n) is 9.79. The second-order valence-electron chi connectivity index (χ2n) is 7.31. The average molecular weight is 452 g/mol. The van der Waals surface area contributed by atoms with Crippen LogP contribution in [0.5, 0.6) is 0 Å². The average Bonchev–Trinajstić information content (AvgIpc) is 3.12. The van der Waals surface area contributed by atoms with Gasteiger partial charge in [-0.15, -0.1) is 0 Å². The van der Waals surface area contributed by atoms with E-state index < -0.39 is 10.0 Å². The zero-order chi connectivity index (χ0) is 22.9. The van der Waals surface area contributed by atoms with Crippen LogP contribution in [0.3, 0.4) is 0 Å². The van der Waals surface area contributed by atoms with Crippen molar-refractivity contribution in [3.63, 3.8) is 0 Å². The largest absolute Gasteiger partial charge is 0.359 e. The molecule has 1 aromatic carbocycles. The van der Waals surface area contributed by atoms with Gasteiger partial charge in [-0.3, -0.25) is 9.78 Å². The van der Waals surface area contributed by atoms with Gasteiger partial charge in [0, 0.05) is 30.6 Å². The van der Waals surface area contributed by atoms with E-state index in [1.54, 1.807) is 69.6 Å². The summed E-state index contributed by atoms with van der Waals surface area (Å²) >= 11 is 0. The number of hydrogen-bond donors (Lipinski definition) is 1. The molecule has 9 nitrogen and oxygen atoms in total. The Balaban J connectivity index is 1.72. The van der Waals surface area contributed by atoms with Crippen molar-refractivity contribution < 1.29 is 12.9 Å². The molecule has 1 N–H and O–H groups in total. The summed E-state index contributed by atoms with van der Waals surface area (Å²) in [5.41, 5.74) is 2.98. The van der Waals surface area contributed by atoms with Gasteiger partial charge < -0.3 is 4.52 Å². The number of benzene rings is 1. The van der Waals surface area contributed by atoms with Gasteiger partial charge in [0.1, 0.15) is 11.4 Å². The SMILES string of the molecule is Cc1ccc(-c2ccc(=O)n(-c3c(C)noc3C)n2)cc1S(=O)(=O)NCc1cccnc1. The Morgan fingerprint density at radius 3 is 2.59 bits per heavy atom. The van der Waals surface area contributed by atoms with Gasteiger partial charge in [-0.05, 0) is 50.1 Å². The summed E-state index contributed by atoms with van der Waals surface area (Å²) in [7, 11) is -3.79. The molecule has 0 fully saturated rings. The smallest absolute Gasteiger partial charge is 0.271 e. The first-order chi connectivity index (χ1) is 15.3. The summed E-state index contributed by atoms with van der Waals surface area (Å²) in [6, 6.07) is 11.5. The number of aryl methyl sites for hydroxylation is 3. The fourth-order valence-electron chi connectivity index (χ4n) is 3.31. The highest BCUT2D eigenvalue weighted by Crippen LogP contribution is 2.24. The summed E-state index contributed by atoms with van der Waals surface area (Å²) < 4.78 is 34.9. The van der Waals surface area contributed by atoms with Crippen LogP contribution in [0.25, 0.3) is 16.9 Å². The molecule has 3 aromatic heterocycles. The van der Waals surface area contributed by atoms with E-state index in [-0.39, 0.29) is 17.0 Å². The molecule has 4 rings (SSSR count). The molecule has 0 aliphatic heterocycles. The molecular weight excluding hydrogens is 430 g/mol. The van der Waals surface area contributed by atoms with E-state index in [0.29, 0.717) is 34.0 Å². The van der Waals surface area contributed by atoms with E-state index in [0.717, 1.165) is 5.56 Å². The van der Waals surface area contributed by atoms with Gasteiger partial charge in [0.15, 0.2) is 5.76 Å². The van der Waals surface area contributed by atoms with Crippen LogP contribution in [0.4, 0.5) is 0 Å². The predicted molar refractivity (Wildman–Crippen MR) is 118 cm³/mol. The lowest BCUT2D eigenvalue weighted by atomic mass is 10.1. The maximum atomic E-state index is 13.0. The Morgan fingerprint density at radius 2 is 1.91 bits per heavy atom. The first kappa shape index (κ1) is 21.6. The topological polar surface area (TPSA) is 120 Å². The van der Waals surface area contributed by atoms with E-state index in [1.165, 1.54) is 10.7 Å². The van der Waals surface area contributed by atoms with Crippen LogP contribution in [0, 0.1) is 20.8 Å². The minimum Gasteiger partial charge on any atom is -0.359 e. The van der Waals surface area contributed by atoms with E-state index in [4.69, 9.17) is 4.52 Å². The van der Waals surface area contributed by atoms with Crippen LogP contribution in [0.15, 0.2) is 69.1 Å². The summed E-state index contributed by atoms with van der Waals surface area (Å²) in [5.74, 6) is 0.459. The molecule has 0 atom stereocenters. The van der Waals surface area contributed by atoms with Crippen molar-refractivity contribution in [3.8, 4) is 16.9 Å². The molecular formula is C22H21N5O4S. The number of nitrogens with zero attached hydrogens (tertiary/aromatic N) is 4. The summed E-state index contributed by atoms with van der Waals surface area (Å²) in [5, 5.41) is 8.31. The third-order valence-corrected chi connectivity index (χ3v) is 6.51. The van der Waals surface area contributed by atoms with Gasteiger partial charge in [0.25, 0.3) is 5.56 Å². The summed E-state index contributed by atoms with van der Waals surface area (Å²) in [4.78, 5) is 16.6. The zero-order valence-electron chi connectivity index (χ0n) is 17.7. The number of aromatic nitrogens is 4. The van der Waals surface area contributed by atoms with Gasteiger partial charge in [0.05, 0.1) is 10.6 Å². The predicted octanol–water partition coefficient (Wildman–Crippen LogP) is 2.69. The fourth-order valence-corrected chi connectivity index (χ4v) is 4.60. The Bertz CT molecular complexity index is 1420. The molecule has 0 spiro atoms. The van der Waals surface area contributed by atoms with Gasteiger partial charge in [0.2, 0.25) is 10.0 Å². The quantitative estimate of drug-likeness (QED) is 0.478. The molecule has 10 heteroatoms. The molecule has 0 radical (unpaired) electrons. The third kappa shape index (κ3) is 4.23. The van der Waals surface area contributed by atoms with E-state index in [9.17, 15) is 13.2 Å². The molecule has 0 unspecified atom stereocenters. The second-order valence-corrected chi connectivity index (χ2v) is 9.04. The standard InChI is InChI=1S/C22H21N5O4S/c1-14-6-7-18(11-20(14)32(29,30)24-13-17-5-4-10-23-12-17)19-8-9-21(28)27(25-19)22-15(2)26-31-16(22)3/h4-12,24H,13H2,1-3H3. The minimum absolute atomic E-state index is 0.120. The van der Waals surface area contributed by atoms with Crippen molar-refractivity contribution in [2.75, 3.05) is 0 Å². The zero-order valence-corrected chi connectivity index (χ0v) is 18.5. The van der Waals surface area contributed by atoms with Crippen LogP contribution >= 0.6 is 0 Å². The number of nitrogens with one attached hydrogen (secondary N) is 1. The number of rotatable bonds is 6. The molecule has 0 saturated carbocycles. The summed E-state index contributed by atoms with van der Waals surface area (Å²) in [6.45, 7) is 5.26. The fraction of sp³-hybridized carbons (Fsp3) is 0.182. The highest BCUT2D eigenvalue weighted by Gasteiger charge is 2.19. The molecule has 0 aliphatic carbocycles. The lowest BCUT2D eigenvalue weighted by Gasteiger charge is -2.12. The van der Waals surface area contributed by atoms with Gasteiger partial charge in [-0.2, -0.15) is 9.78 Å². The van der Waals surface area contributed by atoms with Crippen LogP contribution in [0.1, 0.15) is 22.6 Å². The normalized spacial score (nSPS) is 11.6. The maximum Gasteiger partial charge on any atom is 0.271 e. The molecule has 3 heterocycles. The third-order valence-electron chi connectivity index (χ3n) is 4.97. The lowest BCUT2D eigenvalue weighted by Crippen LogP contribution is -2.24. The second kappa shape index (κ2) is 8.48. The van der Waals surface area contributed by atoms with Crippen molar-refractivity contribution in [2.24, 2.45) is 0 Å². The van der Waals surface area contributed by atoms with Gasteiger partial charge in [-0.25, -0.2) is 13.1 Å². The van der Waals surface area contributed by atoms with Crippen molar-refractivity contribution in [3.05, 3.63) is 87.8 Å². The molecule has 4 aromatic rings. The molecule has 0 amide bonds. The molecule has 164 valence electrons. The molecule has 32 heavy (non-hydrogen) atoms. The Hall–Kier alpha value is -3.63. The lowest BCUT2D eigenvalue weighted by molar-refractivity contribution is 0.392. The number of pyridine rings is 1. The monoisotopic (exact) mass is 451 g/mol. The van der Waals surface area contributed by atoms with Crippen LogP contribution < -0.4 is 10.3 Å². The van der Waals surface area contributed by atoms with Crippen LogP contribution in [-0.2, 0) is 16.6 Å². The number of sulfonamides is 1. The van der Waals surface area contributed by atoms with Crippen LogP contribution in [0.2, 0.25) is 0 Å². The minimum atomic E-state index is -3.79. The van der Waals surface area contributed by atoms with Gasteiger partial charge >= 0.3 is 0 Å². The Morgan fingerprint density at radius 1 is 1.09 bits per heavy atom. The maximum absolute atomic E-state index is 13.0. The highest BCUT2D eigenvalue weighted by molar-refractivity contribution is 7.89. The van der Waals surface area contributed by atoms with E-state index >= 15 is 0 Å². The molecule has 0 saturated heterocycles.